The molecule has 16 heavy (non-hydrogen) atoms. The molecule has 2 N–H and O–H groups in total. The number of hydrogen-bond acceptors (Lipinski definition) is 3. The van der Waals surface area contributed by atoms with Gasteiger partial charge < -0.3 is 32.2 Å². The highest BCUT2D eigenvalue weighted by Gasteiger charge is 2.33. The van der Waals surface area contributed by atoms with E-state index in [9.17, 15) is 0 Å². The predicted molar refractivity (Wildman–Crippen MR) is 62.7 cm³/mol. The number of fused-ring (bicyclic) bond motifs is 1. The zero-order valence-electron chi connectivity index (χ0n) is 9.22. The van der Waals surface area contributed by atoms with Gasteiger partial charge in [0.05, 0.1) is 18.7 Å². The van der Waals surface area contributed by atoms with Gasteiger partial charge in [-0.3, -0.25) is 0 Å². The molecule has 1 aromatic carbocycles. The molecule has 0 heterocycles. The molecule has 1 aliphatic carbocycles. The van der Waals surface area contributed by atoms with E-state index < -0.39 is 0 Å². The molecule has 90 valence electrons. The molecule has 0 bridgehead atoms. The van der Waals surface area contributed by atoms with Crippen molar-refractivity contribution in [2.45, 2.75) is 12.3 Å². The molecular formula is C11H14Br2NO2-. The van der Waals surface area contributed by atoms with Gasteiger partial charge in [0.15, 0.2) is 0 Å². The van der Waals surface area contributed by atoms with Crippen molar-refractivity contribution < 1.29 is 26.5 Å². The summed E-state index contributed by atoms with van der Waals surface area (Å²) in [4.78, 5) is 0. The molecule has 0 fully saturated rings. The minimum atomic E-state index is 0. The van der Waals surface area contributed by atoms with Crippen LogP contribution in [-0.4, -0.2) is 20.8 Å². The van der Waals surface area contributed by atoms with Crippen LogP contribution >= 0.6 is 15.9 Å². The molecule has 3 nitrogen and oxygen atoms in total. The van der Waals surface area contributed by atoms with Crippen LogP contribution in [-0.2, 0) is 6.42 Å². The summed E-state index contributed by atoms with van der Waals surface area (Å²) in [7, 11) is 3.36. The van der Waals surface area contributed by atoms with Gasteiger partial charge in [-0.1, -0.05) is 0 Å². The van der Waals surface area contributed by atoms with Crippen LogP contribution in [0.5, 0.6) is 11.5 Å². The van der Waals surface area contributed by atoms with Crippen molar-refractivity contribution in [1.29, 1.82) is 0 Å². The predicted octanol–water partition coefficient (Wildman–Crippen LogP) is -0.931. The van der Waals surface area contributed by atoms with Crippen LogP contribution in [0.25, 0.3) is 0 Å². The molecule has 0 radical (unpaired) electrons. The lowest BCUT2D eigenvalue weighted by Crippen LogP contribution is -3.00. The van der Waals surface area contributed by atoms with Gasteiger partial charge in [0.25, 0.3) is 0 Å². The molecule has 2 rings (SSSR count). The van der Waals surface area contributed by atoms with Crippen LogP contribution in [0.4, 0.5) is 0 Å². The van der Waals surface area contributed by atoms with E-state index in [-0.39, 0.29) is 17.0 Å². The van der Waals surface area contributed by atoms with Crippen molar-refractivity contribution in [1.82, 2.24) is 0 Å². The molecule has 0 aromatic heterocycles. The van der Waals surface area contributed by atoms with Crippen molar-refractivity contribution in [3.8, 4) is 11.5 Å². The molecule has 5 heteroatoms. The van der Waals surface area contributed by atoms with Crippen LogP contribution in [0.15, 0.2) is 10.5 Å². The summed E-state index contributed by atoms with van der Waals surface area (Å²) in [5, 5.41) is 0. The molecular weight excluding hydrogens is 338 g/mol. The molecule has 1 unspecified atom stereocenters. The lowest BCUT2D eigenvalue weighted by Gasteiger charge is -2.33. The van der Waals surface area contributed by atoms with Gasteiger partial charge in [-0.25, -0.2) is 0 Å². The van der Waals surface area contributed by atoms with E-state index in [1.807, 2.05) is 6.07 Å². The standard InChI is InChI=1S/C11H14BrNO2.BrH/c1-14-9-4-8(12)11(15-2)7-3-6(5-13)10(7)9;/h4,6H,3,5,13H2,1-2H3;1H/p-1. The smallest absolute Gasteiger partial charge is 0.136 e. The first-order valence-corrected chi connectivity index (χ1v) is 5.65. The molecule has 1 atom stereocenters. The number of methoxy groups -OCH3 is 2. The van der Waals surface area contributed by atoms with E-state index >= 15 is 0 Å². The largest absolute Gasteiger partial charge is 1.00 e. The van der Waals surface area contributed by atoms with Crippen LogP contribution in [0, 0.1) is 0 Å². The average molecular weight is 352 g/mol. The summed E-state index contributed by atoms with van der Waals surface area (Å²) < 4.78 is 11.6. The highest BCUT2D eigenvalue weighted by Crippen LogP contribution is 2.49. The summed E-state index contributed by atoms with van der Waals surface area (Å²) in [6, 6.07) is 1.94. The highest BCUT2D eigenvalue weighted by molar-refractivity contribution is 9.10. The first kappa shape index (κ1) is 13.8. The molecule has 0 saturated heterocycles. The molecule has 0 saturated carbocycles. The molecule has 0 aliphatic heterocycles. The van der Waals surface area contributed by atoms with Gasteiger partial charge in [-0.2, -0.15) is 0 Å². The second-order valence-corrected chi connectivity index (χ2v) is 4.48. The third-order valence-electron chi connectivity index (χ3n) is 2.91. The number of rotatable bonds is 3. The molecule has 0 amide bonds. The normalized spacial score (nSPS) is 16.9. The minimum absolute atomic E-state index is 0. The third kappa shape index (κ3) is 1.96. The Morgan fingerprint density at radius 3 is 2.62 bits per heavy atom. The summed E-state index contributed by atoms with van der Waals surface area (Å²) in [6.45, 7) is 0.661. The van der Waals surface area contributed by atoms with E-state index in [1.54, 1.807) is 14.2 Å². The van der Waals surface area contributed by atoms with Crippen LogP contribution < -0.4 is 32.2 Å². The number of hydrogen-bond donors (Lipinski definition) is 1. The van der Waals surface area contributed by atoms with Gasteiger partial charge in [0.2, 0.25) is 0 Å². The van der Waals surface area contributed by atoms with E-state index in [2.05, 4.69) is 15.9 Å². The molecule has 0 spiro atoms. The van der Waals surface area contributed by atoms with E-state index in [1.165, 1.54) is 11.1 Å². The van der Waals surface area contributed by atoms with Gasteiger partial charge >= 0.3 is 0 Å². The zero-order valence-corrected chi connectivity index (χ0v) is 12.4. The van der Waals surface area contributed by atoms with E-state index in [0.29, 0.717) is 12.5 Å². The molecule has 1 aliphatic rings. The maximum atomic E-state index is 5.69. The maximum Gasteiger partial charge on any atom is 0.136 e. The van der Waals surface area contributed by atoms with Gasteiger partial charge in [0, 0.05) is 17.0 Å². The summed E-state index contributed by atoms with van der Waals surface area (Å²) in [5.74, 6) is 2.23. The Hall–Kier alpha value is -0.260. The molecule has 1 aromatic rings. The summed E-state index contributed by atoms with van der Waals surface area (Å²) >= 11 is 3.47. The Balaban J connectivity index is 0.00000128. The van der Waals surface area contributed by atoms with Gasteiger partial charge in [-0.05, 0) is 35.0 Å². The fourth-order valence-corrected chi connectivity index (χ4v) is 2.74. The van der Waals surface area contributed by atoms with Crippen molar-refractivity contribution in [3.05, 3.63) is 21.7 Å². The summed E-state index contributed by atoms with van der Waals surface area (Å²) in [6.07, 6.45) is 0.977. The zero-order chi connectivity index (χ0) is 11.0. The topological polar surface area (TPSA) is 44.5 Å². The summed E-state index contributed by atoms with van der Waals surface area (Å²) in [5.41, 5.74) is 8.12. The minimum Gasteiger partial charge on any atom is -1.00 e. The Labute approximate surface area is 114 Å². The van der Waals surface area contributed by atoms with Crippen molar-refractivity contribution in [2.24, 2.45) is 5.73 Å². The number of ether oxygens (including phenoxy) is 2. The number of nitrogens with two attached hydrogens (primary N) is 1. The van der Waals surface area contributed by atoms with Gasteiger partial charge in [-0.15, -0.1) is 0 Å². The highest BCUT2D eigenvalue weighted by atomic mass is 79.9. The maximum absolute atomic E-state index is 5.69. The van der Waals surface area contributed by atoms with Crippen molar-refractivity contribution in [2.75, 3.05) is 20.8 Å². The van der Waals surface area contributed by atoms with Crippen LogP contribution in [0.2, 0.25) is 0 Å². The quantitative estimate of drug-likeness (QED) is 0.765. The second kappa shape index (κ2) is 5.38. The first-order chi connectivity index (χ1) is 7.22. The lowest BCUT2D eigenvalue weighted by atomic mass is 9.76. The Kier molecular flexibility index (Phi) is 4.64. The fourth-order valence-electron chi connectivity index (χ4n) is 2.13. The SMILES string of the molecule is COc1cc(Br)c(OC)c2c1C(CN)C2.[Br-]. The van der Waals surface area contributed by atoms with Crippen molar-refractivity contribution in [3.63, 3.8) is 0 Å². The van der Waals surface area contributed by atoms with E-state index in [4.69, 9.17) is 15.2 Å². The monoisotopic (exact) mass is 350 g/mol. The second-order valence-electron chi connectivity index (χ2n) is 3.62. The van der Waals surface area contributed by atoms with Gasteiger partial charge in [0.1, 0.15) is 11.5 Å². The first-order valence-electron chi connectivity index (χ1n) is 4.86. The lowest BCUT2D eigenvalue weighted by molar-refractivity contribution is -0.00000360. The Morgan fingerprint density at radius 2 is 2.12 bits per heavy atom. The van der Waals surface area contributed by atoms with E-state index in [0.717, 1.165) is 22.4 Å². The third-order valence-corrected chi connectivity index (χ3v) is 3.50. The number of halogens is 2. The average Bonchev–Trinajstić information content (AvgIpc) is 2.20. The Morgan fingerprint density at radius 1 is 1.44 bits per heavy atom. The van der Waals surface area contributed by atoms with Crippen LogP contribution in [0.3, 0.4) is 0 Å². The van der Waals surface area contributed by atoms with Crippen LogP contribution in [0.1, 0.15) is 17.0 Å². The Bertz CT molecular complexity index is 396. The fraction of sp³-hybridized carbons (Fsp3) is 0.455. The van der Waals surface area contributed by atoms with Crippen molar-refractivity contribution >= 4 is 15.9 Å². The number of benzene rings is 1.